The molecule has 1 heterocycles. The van der Waals surface area contributed by atoms with E-state index in [0.29, 0.717) is 6.61 Å². The van der Waals surface area contributed by atoms with Gasteiger partial charge in [0.2, 0.25) is 0 Å². The molecule has 0 saturated carbocycles. The Bertz CT molecular complexity index is 329. The van der Waals surface area contributed by atoms with Crippen LogP contribution in [0.15, 0.2) is 18.2 Å². The van der Waals surface area contributed by atoms with E-state index in [9.17, 15) is 4.79 Å². The highest BCUT2D eigenvalue weighted by Gasteiger charge is 2.18. The van der Waals surface area contributed by atoms with Crippen LogP contribution < -0.4 is 0 Å². The molecule has 12 heavy (non-hydrogen) atoms. The van der Waals surface area contributed by atoms with Crippen LogP contribution in [-0.2, 0) is 11.3 Å². The second kappa shape index (κ2) is 2.72. The SMILES string of the molecule is Cc1cccc2c1C(=O)COC2. The summed E-state index contributed by atoms with van der Waals surface area (Å²) in [7, 11) is 0. The Hall–Kier alpha value is -1.15. The molecule has 1 aromatic rings. The van der Waals surface area contributed by atoms with Crippen molar-refractivity contribution >= 4 is 5.78 Å². The van der Waals surface area contributed by atoms with Gasteiger partial charge in [0.05, 0.1) is 6.61 Å². The number of fused-ring (bicyclic) bond motifs is 1. The average Bonchev–Trinajstić information content (AvgIpc) is 2.04. The summed E-state index contributed by atoms with van der Waals surface area (Å²) >= 11 is 0. The summed E-state index contributed by atoms with van der Waals surface area (Å²) in [6.45, 7) is 2.77. The second-order valence-corrected chi connectivity index (χ2v) is 3.03. The van der Waals surface area contributed by atoms with Gasteiger partial charge in [-0.2, -0.15) is 0 Å². The lowest BCUT2D eigenvalue weighted by atomic mass is 9.97. The highest BCUT2D eigenvalue weighted by atomic mass is 16.5. The molecule has 0 radical (unpaired) electrons. The molecule has 0 N–H and O–H groups in total. The Labute approximate surface area is 71.2 Å². The predicted octanol–water partition coefficient (Wildman–Crippen LogP) is 1.71. The summed E-state index contributed by atoms with van der Waals surface area (Å²) in [5.41, 5.74) is 2.94. The average molecular weight is 162 g/mol. The molecule has 2 rings (SSSR count). The van der Waals surface area contributed by atoms with Gasteiger partial charge in [-0.3, -0.25) is 4.79 Å². The van der Waals surface area contributed by atoms with E-state index in [2.05, 4.69) is 0 Å². The van der Waals surface area contributed by atoms with Crippen molar-refractivity contribution in [3.8, 4) is 0 Å². The molecule has 0 amide bonds. The van der Waals surface area contributed by atoms with Gasteiger partial charge in [-0.15, -0.1) is 0 Å². The normalized spacial score (nSPS) is 15.9. The molecule has 0 aromatic heterocycles. The van der Waals surface area contributed by atoms with Crippen molar-refractivity contribution in [2.45, 2.75) is 13.5 Å². The summed E-state index contributed by atoms with van der Waals surface area (Å²) < 4.78 is 5.11. The molecule has 2 heteroatoms. The standard InChI is InChI=1S/C10H10O2/c1-7-3-2-4-8-5-12-6-9(11)10(7)8/h2-4H,5-6H2,1H3. The van der Waals surface area contributed by atoms with Gasteiger partial charge in [0, 0.05) is 5.56 Å². The summed E-state index contributed by atoms with van der Waals surface area (Å²) in [5, 5.41) is 0. The van der Waals surface area contributed by atoms with Crippen LogP contribution in [0.1, 0.15) is 21.5 Å². The maximum Gasteiger partial charge on any atom is 0.189 e. The molecule has 0 atom stereocenters. The zero-order chi connectivity index (χ0) is 8.55. The molecule has 0 unspecified atom stereocenters. The van der Waals surface area contributed by atoms with Crippen molar-refractivity contribution in [1.29, 1.82) is 0 Å². The van der Waals surface area contributed by atoms with E-state index in [-0.39, 0.29) is 12.4 Å². The smallest absolute Gasteiger partial charge is 0.189 e. The summed E-state index contributed by atoms with van der Waals surface area (Å²) in [6.07, 6.45) is 0. The van der Waals surface area contributed by atoms with Crippen molar-refractivity contribution in [2.24, 2.45) is 0 Å². The van der Waals surface area contributed by atoms with Crippen molar-refractivity contribution in [1.82, 2.24) is 0 Å². The van der Waals surface area contributed by atoms with Crippen LogP contribution in [0, 0.1) is 6.92 Å². The molecule has 0 saturated heterocycles. The first-order chi connectivity index (χ1) is 5.79. The lowest BCUT2D eigenvalue weighted by molar-refractivity contribution is 0.0664. The van der Waals surface area contributed by atoms with E-state index in [1.54, 1.807) is 0 Å². The molecule has 1 aliphatic rings. The Morgan fingerprint density at radius 3 is 2.92 bits per heavy atom. The molecule has 0 bridgehead atoms. The van der Waals surface area contributed by atoms with Gasteiger partial charge in [-0.1, -0.05) is 18.2 Å². The quantitative estimate of drug-likeness (QED) is 0.580. The first-order valence-corrected chi connectivity index (χ1v) is 3.98. The fraction of sp³-hybridized carbons (Fsp3) is 0.300. The summed E-state index contributed by atoms with van der Waals surface area (Å²) in [5.74, 6) is 0.106. The first-order valence-electron chi connectivity index (χ1n) is 3.98. The van der Waals surface area contributed by atoms with Crippen LogP contribution in [0.5, 0.6) is 0 Å². The van der Waals surface area contributed by atoms with Crippen molar-refractivity contribution in [2.75, 3.05) is 6.61 Å². The minimum absolute atomic E-state index is 0.106. The van der Waals surface area contributed by atoms with E-state index in [0.717, 1.165) is 16.7 Å². The number of carbonyl (C=O) groups excluding carboxylic acids is 1. The maximum atomic E-state index is 11.4. The molecule has 0 aliphatic carbocycles. The van der Waals surface area contributed by atoms with Crippen LogP contribution in [0.3, 0.4) is 0 Å². The number of rotatable bonds is 0. The van der Waals surface area contributed by atoms with E-state index in [1.807, 2.05) is 25.1 Å². The molecular formula is C10H10O2. The van der Waals surface area contributed by atoms with Gasteiger partial charge in [0.25, 0.3) is 0 Å². The lowest BCUT2D eigenvalue weighted by Crippen LogP contribution is -2.19. The molecule has 0 fully saturated rings. The third-order valence-corrected chi connectivity index (χ3v) is 2.13. The molecule has 0 spiro atoms. The Morgan fingerprint density at radius 2 is 2.17 bits per heavy atom. The van der Waals surface area contributed by atoms with Crippen molar-refractivity contribution in [3.05, 3.63) is 34.9 Å². The van der Waals surface area contributed by atoms with Crippen LogP contribution in [0.25, 0.3) is 0 Å². The van der Waals surface area contributed by atoms with Gasteiger partial charge in [-0.05, 0) is 18.1 Å². The topological polar surface area (TPSA) is 26.3 Å². The van der Waals surface area contributed by atoms with Crippen LogP contribution in [-0.4, -0.2) is 12.4 Å². The highest BCUT2D eigenvalue weighted by Crippen LogP contribution is 2.19. The highest BCUT2D eigenvalue weighted by molar-refractivity contribution is 6.00. The van der Waals surface area contributed by atoms with E-state index in [4.69, 9.17) is 4.74 Å². The Morgan fingerprint density at radius 1 is 1.33 bits per heavy atom. The first kappa shape index (κ1) is 7.50. The number of benzene rings is 1. The Kier molecular flexibility index (Phi) is 1.70. The summed E-state index contributed by atoms with van der Waals surface area (Å²) in [6, 6.07) is 5.86. The number of hydrogen-bond acceptors (Lipinski definition) is 2. The third kappa shape index (κ3) is 1.04. The minimum Gasteiger partial charge on any atom is -0.369 e. The van der Waals surface area contributed by atoms with E-state index < -0.39 is 0 Å². The lowest BCUT2D eigenvalue weighted by Gasteiger charge is -2.16. The molecule has 1 aromatic carbocycles. The van der Waals surface area contributed by atoms with E-state index in [1.165, 1.54) is 0 Å². The van der Waals surface area contributed by atoms with Crippen LogP contribution >= 0.6 is 0 Å². The number of hydrogen-bond donors (Lipinski definition) is 0. The minimum atomic E-state index is 0.106. The molecule has 62 valence electrons. The van der Waals surface area contributed by atoms with Gasteiger partial charge in [-0.25, -0.2) is 0 Å². The third-order valence-electron chi connectivity index (χ3n) is 2.13. The zero-order valence-corrected chi connectivity index (χ0v) is 6.96. The fourth-order valence-electron chi connectivity index (χ4n) is 1.57. The number of ketones is 1. The van der Waals surface area contributed by atoms with Gasteiger partial charge in [0.15, 0.2) is 5.78 Å². The molecule has 2 nitrogen and oxygen atoms in total. The van der Waals surface area contributed by atoms with Crippen molar-refractivity contribution < 1.29 is 9.53 Å². The van der Waals surface area contributed by atoms with Gasteiger partial charge < -0.3 is 4.74 Å². The summed E-state index contributed by atoms with van der Waals surface area (Å²) in [4.78, 5) is 11.4. The van der Waals surface area contributed by atoms with Crippen molar-refractivity contribution in [3.63, 3.8) is 0 Å². The number of ether oxygens (including phenoxy) is 1. The monoisotopic (exact) mass is 162 g/mol. The molecule has 1 aliphatic heterocycles. The second-order valence-electron chi connectivity index (χ2n) is 3.03. The molecular weight excluding hydrogens is 152 g/mol. The number of Topliss-reactive ketones (excluding diaryl/α,β-unsaturated/α-hetero) is 1. The van der Waals surface area contributed by atoms with Gasteiger partial charge >= 0.3 is 0 Å². The van der Waals surface area contributed by atoms with Crippen LogP contribution in [0.4, 0.5) is 0 Å². The van der Waals surface area contributed by atoms with E-state index >= 15 is 0 Å². The van der Waals surface area contributed by atoms with Gasteiger partial charge in [0.1, 0.15) is 6.61 Å². The Balaban J connectivity index is 2.60. The number of aryl methyl sites for hydroxylation is 1. The zero-order valence-electron chi connectivity index (χ0n) is 6.96. The number of carbonyl (C=O) groups is 1. The largest absolute Gasteiger partial charge is 0.369 e. The fourth-order valence-corrected chi connectivity index (χ4v) is 1.57. The van der Waals surface area contributed by atoms with Crippen LogP contribution in [0.2, 0.25) is 0 Å². The maximum absolute atomic E-state index is 11.4. The predicted molar refractivity (Wildman–Crippen MR) is 45.2 cm³/mol.